The lowest BCUT2D eigenvalue weighted by atomic mass is 9.86. The van der Waals surface area contributed by atoms with Crippen molar-refractivity contribution in [3.8, 4) is 0 Å². The summed E-state index contributed by atoms with van der Waals surface area (Å²) < 4.78 is 10.9. The van der Waals surface area contributed by atoms with Gasteiger partial charge in [-0.05, 0) is 68.8 Å². The number of nitrogens with zero attached hydrogens (tertiary/aromatic N) is 1. The Hall–Kier alpha value is -2.07. The molecule has 1 saturated carbocycles. The zero-order chi connectivity index (χ0) is 26.8. The molecule has 0 aromatic heterocycles. The van der Waals surface area contributed by atoms with E-state index in [1.54, 1.807) is 0 Å². The van der Waals surface area contributed by atoms with Gasteiger partial charge in [0.1, 0.15) is 0 Å². The molecule has 208 valence electrons. The molecular formula is C27H43ClN4O5. The number of hydrogen-bond donors (Lipinski definition) is 4. The van der Waals surface area contributed by atoms with Crippen LogP contribution < -0.4 is 16.0 Å². The number of amides is 3. The summed E-state index contributed by atoms with van der Waals surface area (Å²) in [4.78, 5) is 26.6. The van der Waals surface area contributed by atoms with Crippen LogP contribution >= 0.6 is 11.6 Å². The topological polar surface area (TPSA) is 112 Å². The van der Waals surface area contributed by atoms with Gasteiger partial charge in [0.15, 0.2) is 0 Å². The highest BCUT2D eigenvalue weighted by atomic mass is 35.5. The van der Waals surface area contributed by atoms with Crippen LogP contribution in [0.2, 0.25) is 5.02 Å². The zero-order valence-electron chi connectivity index (χ0n) is 22.3. The highest BCUT2D eigenvalue weighted by Gasteiger charge is 2.35. The zero-order valence-corrected chi connectivity index (χ0v) is 23.1. The van der Waals surface area contributed by atoms with E-state index in [0.717, 1.165) is 49.7 Å². The molecular weight excluding hydrogens is 496 g/mol. The molecule has 1 aromatic rings. The number of rotatable bonds is 11. The lowest BCUT2D eigenvalue weighted by Gasteiger charge is -2.38. The van der Waals surface area contributed by atoms with E-state index in [2.05, 4.69) is 20.7 Å². The summed E-state index contributed by atoms with van der Waals surface area (Å²) in [6.07, 6.45) is 4.67. The summed E-state index contributed by atoms with van der Waals surface area (Å²) in [5.74, 6) is 0.284. The van der Waals surface area contributed by atoms with E-state index in [4.69, 9.17) is 16.3 Å². The Morgan fingerprint density at radius 2 is 1.92 bits per heavy atom. The fourth-order valence-corrected chi connectivity index (χ4v) is 5.79. The number of urea groups is 1. The Kier molecular flexibility index (Phi) is 11.8. The number of halogens is 1. The lowest BCUT2D eigenvalue weighted by molar-refractivity contribution is -0.00954. The highest BCUT2D eigenvalue weighted by molar-refractivity contribution is 6.30. The van der Waals surface area contributed by atoms with Crippen molar-refractivity contribution in [2.45, 2.75) is 63.7 Å². The fourth-order valence-electron chi connectivity index (χ4n) is 5.60. The molecule has 37 heavy (non-hydrogen) atoms. The number of aryl methyl sites for hydroxylation is 1. The van der Waals surface area contributed by atoms with Crippen LogP contribution in [0.4, 0.5) is 9.59 Å². The number of carbonyl (C=O) groups excluding carboxylic acids is 2. The Labute approximate surface area is 225 Å². The Morgan fingerprint density at radius 3 is 2.62 bits per heavy atom. The third-order valence-corrected chi connectivity index (χ3v) is 7.84. The Balaban J connectivity index is 1.69. The molecule has 1 aromatic carbocycles. The Bertz CT molecular complexity index is 882. The Morgan fingerprint density at radius 1 is 1.19 bits per heavy atom. The smallest absolute Gasteiger partial charge is 0.406 e. The van der Waals surface area contributed by atoms with Gasteiger partial charge in [-0.2, -0.15) is 0 Å². The van der Waals surface area contributed by atoms with Crippen molar-refractivity contribution in [3.05, 3.63) is 34.3 Å². The third-order valence-electron chi connectivity index (χ3n) is 7.60. The molecule has 1 aliphatic carbocycles. The first-order valence-corrected chi connectivity index (χ1v) is 13.8. The molecule has 0 unspecified atom stereocenters. The number of hydrogen-bond acceptors (Lipinski definition) is 6. The minimum absolute atomic E-state index is 0.0531. The molecule has 4 atom stereocenters. The number of likely N-dealkylation sites (N-methyl/N-ethyl adjacent to an activating group) is 1. The predicted octanol–water partition coefficient (Wildman–Crippen LogP) is 3.62. The molecule has 10 heteroatoms. The van der Waals surface area contributed by atoms with Crippen LogP contribution in [0.25, 0.3) is 0 Å². The molecule has 2 aliphatic rings. The quantitative estimate of drug-likeness (QED) is 0.320. The van der Waals surface area contributed by atoms with Gasteiger partial charge in [-0.1, -0.05) is 30.5 Å². The number of methoxy groups -OCH3 is 1. The number of aliphatic hydroxyl groups excluding tert-OH is 1. The van der Waals surface area contributed by atoms with Crippen molar-refractivity contribution in [3.63, 3.8) is 0 Å². The molecule has 3 amide bonds. The fraction of sp³-hybridized carbons (Fsp3) is 0.704. The number of benzene rings is 1. The van der Waals surface area contributed by atoms with E-state index >= 15 is 0 Å². The average molecular weight is 539 g/mol. The molecule has 0 spiro atoms. The lowest BCUT2D eigenvalue weighted by Crippen LogP contribution is -2.56. The van der Waals surface area contributed by atoms with E-state index in [9.17, 15) is 14.7 Å². The van der Waals surface area contributed by atoms with E-state index in [1.807, 2.05) is 37.1 Å². The maximum absolute atomic E-state index is 13.3. The number of aliphatic hydroxyl groups is 1. The van der Waals surface area contributed by atoms with Gasteiger partial charge < -0.3 is 35.4 Å². The van der Waals surface area contributed by atoms with Gasteiger partial charge in [0.2, 0.25) is 0 Å². The summed E-state index contributed by atoms with van der Waals surface area (Å²) >= 11 is 6.34. The van der Waals surface area contributed by atoms with E-state index in [-0.39, 0.29) is 30.0 Å². The molecule has 0 bridgehead atoms. The normalized spacial score (nSPS) is 20.8. The maximum atomic E-state index is 13.3. The van der Waals surface area contributed by atoms with Crippen molar-refractivity contribution in [1.82, 2.24) is 20.9 Å². The second-order valence-corrected chi connectivity index (χ2v) is 10.6. The van der Waals surface area contributed by atoms with Gasteiger partial charge in [-0.3, -0.25) is 0 Å². The molecule has 1 saturated heterocycles. The number of likely N-dealkylation sites (tertiary alicyclic amines) is 1. The molecule has 3 rings (SSSR count). The minimum atomic E-state index is -0.563. The summed E-state index contributed by atoms with van der Waals surface area (Å²) in [5, 5.41) is 20.5. The van der Waals surface area contributed by atoms with Crippen LogP contribution in [-0.2, 0) is 9.47 Å². The van der Waals surface area contributed by atoms with Crippen LogP contribution in [0.1, 0.15) is 55.8 Å². The molecule has 2 fully saturated rings. The second-order valence-electron chi connectivity index (χ2n) is 10.2. The standard InChI is InChI=1S/C27H43ClN4O5/c1-18-10-11-21(28)15-22(18)25(37-14-12-30-27(35)36-3)20-9-6-13-32(17-20)26(34)31-23(16-29-2)24(33)19-7-4-5-8-19/h10-11,15,19-20,23-25,29,33H,4-9,12-14,16-17H2,1-3H3,(H,30,35)(H,31,34)/t20-,23-,24+,25-/m1/s1. The first-order chi connectivity index (χ1) is 17.8. The number of nitrogens with one attached hydrogen (secondary N) is 3. The average Bonchev–Trinajstić information content (AvgIpc) is 3.44. The van der Waals surface area contributed by atoms with Crippen molar-refractivity contribution in [2.75, 3.05) is 46.9 Å². The monoisotopic (exact) mass is 538 g/mol. The highest BCUT2D eigenvalue weighted by Crippen LogP contribution is 2.36. The van der Waals surface area contributed by atoms with Gasteiger partial charge in [-0.25, -0.2) is 9.59 Å². The number of ether oxygens (including phenoxy) is 2. The van der Waals surface area contributed by atoms with Gasteiger partial charge in [0.05, 0.1) is 32.0 Å². The van der Waals surface area contributed by atoms with Gasteiger partial charge >= 0.3 is 12.1 Å². The van der Waals surface area contributed by atoms with Crippen molar-refractivity contribution < 1.29 is 24.2 Å². The summed E-state index contributed by atoms with van der Waals surface area (Å²) in [7, 11) is 3.16. The maximum Gasteiger partial charge on any atom is 0.406 e. The van der Waals surface area contributed by atoms with Crippen LogP contribution in [0.5, 0.6) is 0 Å². The third kappa shape index (κ3) is 8.46. The van der Waals surface area contributed by atoms with Crippen LogP contribution in [0.15, 0.2) is 18.2 Å². The van der Waals surface area contributed by atoms with Gasteiger partial charge in [-0.15, -0.1) is 0 Å². The van der Waals surface area contributed by atoms with E-state index < -0.39 is 12.2 Å². The van der Waals surface area contributed by atoms with Gasteiger partial charge in [0, 0.05) is 37.1 Å². The van der Waals surface area contributed by atoms with Crippen LogP contribution in [0.3, 0.4) is 0 Å². The van der Waals surface area contributed by atoms with Crippen molar-refractivity contribution in [2.24, 2.45) is 11.8 Å². The molecule has 0 radical (unpaired) electrons. The van der Waals surface area contributed by atoms with Crippen molar-refractivity contribution in [1.29, 1.82) is 0 Å². The summed E-state index contributed by atoms with van der Waals surface area (Å²) in [6.45, 7) is 4.32. The largest absolute Gasteiger partial charge is 0.453 e. The minimum Gasteiger partial charge on any atom is -0.453 e. The molecule has 1 aliphatic heterocycles. The molecule has 1 heterocycles. The number of piperidine rings is 1. The second kappa shape index (κ2) is 14.8. The van der Waals surface area contributed by atoms with Crippen LogP contribution in [0, 0.1) is 18.8 Å². The first-order valence-electron chi connectivity index (χ1n) is 13.4. The molecule has 9 nitrogen and oxygen atoms in total. The summed E-state index contributed by atoms with van der Waals surface area (Å²) in [5.41, 5.74) is 2.05. The van der Waals surface area contributed by atoms with E-state index in [1.165, 1.54) is 7.11 Å². The number of alkyl carbamates (subject to hydrolysis) is 1. The van der Waals surface area contributed by atoms with Crippen molar-refractivity contribution >= 4 is 23.7 Å². The van der Waals surface area contributed by atoms with Gasteiger partial charge in [0.25, 0.3) is 0 Å². The SMILES string of the molecule is CNC[C@@H](NC(=O)N1CCC[C@@H]([C@@H](OCCNC(=O)OC)c2cc(Cl)ccc2C)C1)[C@@H](O)C1CCCC1. The summed E-state index contributed by atoms with van der Waals surface area (Å²) in [6, 6.07) is 5.26. The number of carbonyl (C=O) groups is 2. The first kappa shape index (κ1) is 29.5. The van der Waals surface area contributed by atoms with Crippen LogP contribution in [-0.4, -0.2) is 81.2 Å². The predicted molar refractivity (Wildman–Crippen MR) is 144 cm³/mol. The van der Waals surface area contributed by atoms with E-state index in [0.29, 0.717) is 37.8 Å². The molecule has 4 N–H and O–H groups in total.